The number of carbonyl (C=O) groups is 1. The lowest BCUT2D eigenvalue weighted by Crippen LogP contribution is -2.52. The summed E-state index contributed by atoms with van der Waals surface area (Å²) < 4.78 is 27.5. The van der Waals surface area contributed by atoms with Crippen molar-refractivity contribution < 1.29 is 13.2 Å². The minimum absolute atomic E-state index is 0.0373. The molecule has 2 aromatic rings. The summed E-state index contributed by atoms with van der Waals surface area (Å²) in [4.78, 5) is 18.2. The van der Waals surface area contributed by atoms with Crippen LogP contribution in [0.3, 0.4) is 0 Å². The standard InChI is InChI=1S/C17H23N5O3S/c1-17(2,3)16(23)21-8-10-22(11-9-21)26(24,25)14-12-19-20-15(14)13-4-6-18-7-5-13/h4-7,12H,8-11H2,1-3H3,(H,19,20). The average molecular weight is 377 g/mol. The molecular weight excluding hydrogens is 354 g/mol. The fourth-order valence-electron chi connectivity index (χ4n) is 2.94. The SMILES string of the molecule is CC(C)(C)C(=O)N1CCN(S(=O)(=O)c2cn[nH]c2-c2ccncc2)CC1. The van der Waals surface area contributed by atoms with Crippen LogP contribution in [0.2, 0.25) is 0 Å². The monoisotopic (exact) mass is 377 g/mol. The molecule has 1 amide bonds. The number of nitrogens with one attached hydrogen (secondary N) is 1. The Balaban J connectivity index is 1.80. The molecule has 0 bridgehead atoms. The van der Waals surface area contributed by atoms with Crippen molar-refractivity contribution in [3.05, 3.63) is 30.7 Å². The highest BCUT2D eigenvalue weighted by atomic mass is 32.2. The van der Waals surface area contributed by atoms with Crippen molar-refractivity contribution in [2.24, 2.45) is 5.41 Å². The van der Waals surface area contributed by atoms with Gasteiger partial charge in [-0.3, -0.25) is 14.9 Å². The summed E-state index contributed by atoms with van der Waals surface area (Å²) >= 11 is 0. The summed E-state index contributed by atoms with van der Waals surface area (Å²) in [6, 6.07) is 3.46. The number of nitrogens with zero attached hydrogens (tertiary/aromatic N) is 4. The van der Waals surface area contributed by atoms with Gasteiger partial charge in [-0.05, 0) is 12.1 Å². The molecule has 1 N–H and O–H groups in total. The molecule has 26 heavy (non-hydrogen) atoms. The molecule has 1 aliphatic heterocycles. The van der Waals surface area contributed by atoms with E-state index < -0.39 is 15.4 Å². The second kappa shape index (κ2) is 6.81. The lowest BCUT2D eigenvalue weighted by atomic mass is 9.94. The average Bonchev–Trinajstić information content (AvgIpc) is 3.12. The number of aromatic nitrogens is 3. The number of hydrogen-bond acceptors (Lipinski definition) is 5. The Labute approximate surface area is 153 Å². The zero-order chi connectivity index (χ0) is 18.9. The van der Waals surface area contributed by atoms with E-state index in [1.165, 1.54) is 10.5 Å². The third kappa shape index (κ3) is 3.49. The Morgan fingerprint density at radius 3 is 2.31 bits per heavy atom. The molecule has 3 rings (SSSR count). The number of H-pyrrole nitrogens is 1. The van der Waals surface area contributed by atoms with Crippen LogP contribution < -0.4 is 0 Å². The smallest absolute Gasteiger partial charge is 0.246 e. The second-order valence-corrected chi connectivity index (χ2v) is 9.20. The topological polar surface area (TPSA) is 99.3 Å². The Bertz CT molecular complexity index is 879. The van der Waals surface area contributed by atoms with E-state index in [1.54, 1.807) is 29.4 Å². The van der Waals surface area contributed by atoms with Crippen LogP contribution in [0.1, 0.15) is 20.8 Å². The number of sulfonamides is 1. The lowest BCUT2D eigenvalue weighted by Gasteiger charge is -2.36. The Morgan fingerprint density at radius 2 is 1.73 bits per heavy atom. The van der Waals surface area contributed by atoms with Gasteiger partial charge in [0.15, 0.2) is 0 Å². The second-order valence-electron chi connectivity index (χ2n) is 7.29. The zero-order valence-corrected chi connectivity index (χ0v) is 16.0. The lowest BCUT2D eigenvalue weighted by molar-refractivity contribution is -0.140. The number of rotatable bonds is 3. The zero-order valence-electron chi connectivity index (χ0n) is 15.1. The summed E-state index contributed by atoms with van der Waals surface area (Å²) in [6.07, 6.45) is 4.53. The van der Waals surface area contributed by atoms with Gasteiger partial charge in [0, 0.05) is 49.6 Å². The molecule has 1 saturated heterocycles. The Morgan fingerprint density at radius 1 is 1.12 bits per heavy atom. The van der Waals surface area contributed by atoms with Gasteiger partial charge in [0.2, 0.25) is 15.9 Å². The molecule has 1 fully saturated rings. The summed E-state index contributed by atoms with van der Waals surface area (Å²) in [5.74, 6) is 0.0373. The van der Waals surface area contributed by atoms with Crippen LogP contribution in [0.25, 0.3) is 11.3 Å². The van der Waals surface area contributed by atoms with Crippen molar-refractivity contribution >= 4 is 15.9 Å². The Hall–Kier alpha value is -2.26. The number of hydrogen-bond donors (Lipinski definition) is 1. The summed E-state index contributed by atoms with van der Waals surface area (Å²) in [5.41, 5.74) is 0.679. The van der Waals surface area contributed by atoms with Gasteiger partial charge in [-0.2, -0.15) is 9.40 Å². The van der Waals surface area contributed by atoms with E-state index in [0.717, 1.165) is 0 Å². The molecule has 0 unspecified atom stereocenters. The van der Waals surface area contributed by atoms with Gasteiger partial charge in [0.25, 0.3) is 0 Å². The third-order valence-corrected chi connectivity index (χ3v) is 6.27. The first-order chi connectivity index (χ1) is 12.2. The number of pyridine rings is 1. The van der Waals surface area contributed by atoms with Crippen molar-refractivity contribution in [2.75, 3.05) is 26.2 Å². The van der Waals surface area contributed by atoms with Crippen LogP contribution in [-0.2, 0) is 14.8 Å². The first-order valence-corrected chi connectivity index (χ1v) is 9.88. The van der Waals surface area contributed by atoms with Crippen LogP contribution >= 0.6 is 0 Å². The number of aromatic amines is 1. The molecule has 0 saturated carbocycles. The predicted molar refractivity (Wildman–Crippen MR) is 96.6 cm³/mol. The maximum atomic E-state index is 13.1. The van der Waals surface area contributed by atoms with E-state index in [9.17, 15) is 13.2 Å². The molecule has 0 aromatic carbocycles. The quantitative estimate of drug-likeness (QED) is 0.870. The maximum Gasteiger partial charge on any atom is 0.246 e. The van der Waals surface area contributed by atoms with Crippen molar-refractivity contribution in [1.82, 2.24) is 24.4 Å². The van der Waals surface area contributed by atoms with Gasteiger partial charge in [0.1, 0.15) is 4.90 Å². The van der Waals surface area contributed by atoms with Crippen molar-refractivity contribution in [2.45, 2.75) is 25.7 Å². The molecular formula is C17H23N5O3S. The first-order valence-electron chi connectivity index (χ1n) is 8.44. The molecule has 9 heteroatoms. The van der Waals surface area contributed by atoms with Gasteiger partial charge < -0.3 is 4.90 Å². The van der Waals surface area contributed by atoms with Gasteiger partial charge >= 0.3 is 0 Å². The van der Waals surface area contributed by atoms with Crippen LogP contribution in [0.5, 0.6) is 0 Å². The van der Waals surface area contributed by atoms with Crippen LogP contribution in [0.4, 0.5) is 0 Å². The molecule has 8 nitrogen and oxygen atoms in total. The molecule has 0 aliphatic carbocycles. The molecule has 0 atom stereocenters. The van der Waals surface area contributed by atoms with Crippen molar-refractivity contribution in [1.29, 1.82) is 0 Å². The Kier molecular flexibility index (Phi) is 4.85. The third-order valence-electron chi connectivity index (χ3n) is 4.36. The van der Waals surface area contributed by atoms with Gasteiger partial charge in [-0.1, -0.05) is 20.8 Å². The molecule has 0 radical (unpaired) electrons. The highest BCUT2D eigenvalue weighted by molar-refractivity contribution is 7.89. The number of amides is 1. The summed E-state index contributed by atoms with van der Waals surface area (Å²) in [7, 11) is -3.70. The fourth-order valence-corrected chi connectivity index (χ4v) is 4.47. The largest absolute Gasteiger partial charge is 0.340 e. The number of piperazine rings is 1. The summed E-state index contributed by atoms with van der Waals surface area (Å²) in [5, 5.41) is 6.69. The fraction of sp³-hybridized carbons (Fsp3) is 0.471. The van der Waals surface area contributed by atoms with Gasteiger partial charge in [-0.25, -0.2) is 8.42 Å². The summed E-state index contributed by atoms with van der Waals surface area (Å²) in [6.45, 7) is 6.91. The molecule has 2 aromatic heterocycles. The normalized spacial score (nSPS) is 16.7. The number of carbonyl (C=O) groups excluding carboxylic acids is 1. The van der Waals surface area contributed by atoms with E-state index in [0.29, 0.717) is 24.3 Å². The molecule has 0 spiro atoms. The van der Waals surface area contributed by atoms with E-state index in [-0.39, 0.29) is 23.9 Å². The molecule has 1 aliphatic rings. The van der Waals surface area contributed by atoms with Gasteiger partial charge in [-0.15, -0.1) is 0 Å². The van der Waals surface area contributed by atoms with Gasteiger partial charge in [0.05, 0.1) is 11.9 Å². The first kappa shape index (κ1) is 18.5. The predicted octanol–water partition coefficient (Wildman–Crippen LogP) is 1.35. The van der Waals surface area contributed by atoms with Crippen molar-refractivity contribution in [3.63, 3.8) is 0 Å². The van der Waals surface area contributed by atoms with E-state index in [1.807, 2.05) is 20.8 Å². The van der Waals surface area contributed by atoms with E-state index in [4.69, 9.17) is 0 Å². The molecule has 3 heterocycles. The highest BCUT2D eigenvalue weighted by Gasteiger charge is 2.35. The molecule has 140 valence electrons. The van der Waals surface area contributed by atoms with Crippen LogP contribution in [-0.4, -0.2) is 64.9 Å². The minimum Gasteiger partial charge on any atom is -0.340 e. The van der Waals surface area contributed by atoms with Crippen LogP contribution in [0.15, 0.2) is 35.6 Å². The minimum atomic E-state index is -3.70. The van der Waals surface area contributed by atoms with Crippen molar-refractivity contribution in [3.8, 4) is 11.3 Å². The van der Waals surface area contributed by atoms with E-state index in [2.05, 4.69) is 15.2 Å². The maximum absolute atomic E-state index is 13.1. The highest BCUT2D eigenvalue weighted by Crippen LogP contribution is 2.28. The van der Waals surface area contributed by atoms with E-state index >= 15 is 0 Å². The van der Waals surface area contributed by atoms with Crippen LogP contribution in [0, 0.1) is 5.41 Å².